The molecule has 110 valence electrons. The normalized spacial score (nSPS) is 10.2. The number of esters is 1. The van der Waals surface area contributed by atoms with E-state index in [2.05, 4.69) is 23.9 Å². The molecule has 0 heterocycles. The molecule has 0 aliphatic heterocycles. The van der Waals surface area contributed by atoms with E-state index in [-0.39, 0.29) is 12.5 Å². The van der Waals surface area contributed by atoms with Crippen molar-refractivity contribution in [3.05, 3.63) is 29.8 Å². The van der Waals surface area contributed by atoms with Crippen molar-refractivity contribution in [1.29, 1.82) is 0 Å². The predicted molar refractivity (Wildman–Crippen MR) is 75.7 cm³/mol. The summed E-state index contributed by atoms with van der Waals surface area (Å²) < 4.78 is 9.96. The van der Waals surface area contributed by atoms with Crippen LogP contribution in [0, 0.1) is 5.92 Å². The number of carbonyl (C=O) groups excluding carboxylic acids is 2. The first kappa shape index (κ1) is 16.0. The van der Waals surface area contributed by atoms with Crippen LogP contribution in [0.1, 0.15) is 30.6 Å². The van der Waals surface area contributed by atoms with Crippen LogP contribution in [0.5, 0.6) is 5.75 Å². The summed E-state index contributed by atoms with van der Waals surface area (Å²) in [5, 5.41) is 2.78. The number of rotatable bonds is 7. The number of hydrogen-bond donors (Lipinski definition) is 1. The summed E-state index contributed by atoms with van der Waals surface area (Å²) in [7, 11) is 1.32. The first-order valence-corrected chi connectivity index (χ1v) is 6.60. The van der Waals surface area contributed by atoms with Crippen LogP contribution < -0.4 is 10.1 Å². The third-order valence-corrected chi connectivity index (χ3v) is 2.67. The molecule has 0 saturated carbocycles. The minimum absolute atomic E-state index is 0.0667. The number of amides is 1. The highest BCUT2D eigenvalue weighted by molar-refractivity contribution is 5.89. The summed E-state index contributed by atoms with van der Waals surface area (Å²) in [6, 6.07) is 6.54. The van der Waals surface area contributed by atoms with Crippen molar-refractivity contribution >= 4 is 11.9 Å². The summed E-state index contributed by atoms with van der Waals surface area (Å²) in [6.45, 7) is 4.77. The fourth-order valence-corrected chi connectivity index (χ4v) is 1.53. The lowest BCUT2D eigenvalue weighted by atomic mass is 10.1. The largest absolute Gasteiger partial charge is 0.484 e. The maximum Gasteiger partial charge on any atom is 0.337 e. The predicted octanol–water partition coefficient (Wildman–Crippen LogP) is 2.01. The van der Waals surface area contributed by atoms with Crippen molar-refractivity contribution < 1.29 is 19.1 Å². The smallest absolute Gasteiger partial charge is 0.337 e. The van der Waals surface area contributed by atoms with Gasteiger partial charge in [0, 0.05) is 6.54 Å². The fraction of sp³-hybridized carbons (Fsp3) is 0.467. The van der Waals surface area contributed by atoms with E-state index in [4.69, 9.17) is 4.74 Å². The quantitative estimate of drug-likeness (QED) is 0.775. The molecule has 1 amide bonds. The highest BCUT2D eigenvalue weighted by Gasteiger charge is 2.07. The van der Waals surface area contributed by atoms with Crippen LogP contribution in [0.4, 0.5) is 0 Å². The van der Waals surface area contributed by atoms with Crippen LogP contribution in [-0.4, -0.2) is 32.1 Å². The second kappa shape index (κ2) is 8.19. The molecule has 0 spiro atoms. The average molecular weight is 279 g/mol. The molecule has 0 unspecified atom stereocenters. The molecular formula is C15H21NO4. The van der Waals surface area contributed by atoms with Gasteiger partial charge in [-0.05, 0) is 30.5 Å². The number of ether oxygens (including phenoxy) is 2. The second-order valence-corrected chi connectivity index (χ2v) is 4.84. The monoisotopic (exact) mass is 279 g/mol. The van der Waals surface area contributed by atoms with Crippen molar-refractivity contribution in [3.63, 3.8) is 0 Å². The first-order chi connectivity index (χ1) is 9.52. The molecule has 20 heavy (non-hydrogen) atoms. The molecule has 0 radical (unpaired) electrons. The Kier molecular flexibility index (Phi) is 6.56. The van der Waals surface area contributed by atoms with Crippen LogP contribution in [0.25, 0.3) is 0 Å². The van der Waals surface area contributed by atoms with E-state index in [1.165, 1.54) is 7.11 Å². The van der Waals surface area contributed by atoms with Gasteiger partial charge < -0.3 is 14.8 Å². The Balaban J connectivity index is 2.41. The van der Waals surface area contributed by atoms with Crippen LogP contribution in [0.2, 0.25) is 0 Å². The average Bonchev–Trinajstić information content (AvgIpc) is 2.44. The van der Waals surface area contributed by atoms with Gasteiger partial charge in [0.2, 0.25) is 0 Å². The molecule has 0 aliphatic rings. The topological polar surface area (TPSA) is 64.6 Å². The van der Waals surface area contributed by atoms with Gasteiger partial charge >= 0.3 is 5.97 Å². The Labute approximate surface area is 119 Å². The molecule has 5 heteroatoms. The lowest BCUT2D eigenvalue weighted by Crippen LogP contribution is -2.30. The molecular weight excluding hydrogens is 258 g/mol. The van der Waals surface area contributed by atoms with Gasteiger partial charge in [-0.3, -0.25) is 4.79 Å². The summed E-state index contributed by atoms with van der Waals surface area (Å²) in [4.78, 5) is 22.9. The molecule has 0 aromatic heterocycles. The van der Waals surface area contributed by atoms with Gasteiger partial charge in [0.1, 0.15) is 5.75 Å². The van der Waals surface area contributed by atoms with Gasteiger partial charge in [-0.25, -0.2) is 4.79 Å². The Morgan fingerprint density at radius 2 is 2.05 bits per heavy atom. The van der Waals surface area contributed by atoms with Gasteiger partial charge in [0.05, 0.1) is 12.7 Å². The minimum atomic E-state index is -0.433. The maximum absolute atomic E-state index is 11.5. The van der Waals surface area contributed by atoms with Crippen molar-refractivity contribution in [2.24, 2.45) is 5.92 Å². The van der Waals surface area contributed by atoms with Crippen molar-refractivity contribution in [1.82, 2.24) is 5.32 Å². The van der Waals surface area contributed by atoms with E-state index in [9.17, 15) is 9.59 Å². The Bertz CT molecular complexity index is 457. The minimum Gasteiger partial charge on any atom is -0.484 e. The highest BCUT2D eigenvalue weighted by atomic mass is 16.5. The van der Waals surface area contributed by atoms with Crippen LogP contribution in [-0.2, 0) is 9.53 Å². The number of hydrogen-bond acceptors (Lipinski definition) is 4. The van der Waals surface area contributed by atoms with E-state index < -0.39 is 5.97 Å². The van der Waals surface area contributed by atoms with Gasteiger partial charge in [0.15, 0.2) is 6.61 Å². The van der Waals surface area contributed by atoms with E-state index in [0.717, 1.165) is 6.42 Å². The molecule has 0 bridgehead atoms. The molecule has 5 nitrogen and oxygen atoms in total. The number of benzene rings is 1. The molecule has 1 rings (SSSR count). The van der Waals surface area contributed by atoms with E-state index in [1.807, 2.05) is 0 Å². The highest BCUT2D eigenvalue weighted by Crippen LogP contribution is 2.13. The molecule has 0 saturated heterocycles. The van der Waals surface area contributed by atoms with E-state index in [1.54, 1.807) is 24.3 Å². The zero-order valence-corrected chi connectivity index (χ0v) is 12.1. The zero-order valence-electron chi connectivity index (χ0n) is 12.1. The molecule has 0 atom stereocenters. The molecule has 1 N–H and O–H groups in total. The SMILES string of the molecule is COC(=O)c1cccc(OCC(=O)NCCC(C)C)c1. The summed E-state index contributed by atoms with van der Waals surface area (Å²) in [5.74, 6) is 0.408. The van der Waals surface area contributed by atoms with Crippen LogP contribution >= 0.6 is 0 Å². The van der Waals surface area contributed by atoms with Gasteiger partial charge in [-0.15, -0.1) is 0 Å². The summed E-state index contributed by atoms with van der Waals surface area (Å²) in [6.07, 6.45) is 0.934. The lowest BCUT2D eigenvalue weighted by Gasteiger charge is -2.09. The third-order valence-electron chi connectivity index (χ3n) is 2.67. The molecule has 1 aromatic carbocycles. The maximum atomic E-state index is 11.5. The Hall–Kier alpha value is -2.04. The summed E-state index contributed by atoms with van der Waals surface area (Å²) >= 11 is 0. The van der Waals surface area contributed by atoms with Gasteiger partial charge in [0.25, 0.3) is 5.91 Å². The standard InChI is InChI=1S/C15H21NO4/c1-11(2)7-8-16-14(17)10-20-13-6-4-5-12(9-13)15(18)19-3/h4-6,9,11H,7-8,10H2,1-3H3,(H,16,17). The third kappa shape index (κ3) is 5.73. The van der Waals surface area contributed by atoms with Gasteiger partial charge in [-0.2, -0.15) is 0 Å². The Morgan fingerprint density at radius 3 is 2.70 bits per heavy atom. The van der Waals surface area contributed by atoms with Crippen molar-refractivity contribution in [2.45, 2.75) is 20.3 Å². The van der Waals surface area contributed by atoms with E-state index in [0.29, 0.717) is 23.8 Å². The molecule has 1 aromatic rings. The van der Waals surface area contributed by atoms with Crippen LogP contribution in [0.3, 0.4) is 0 Å². The number of methoxy groups -OCH3 is 1. The lowest BCUT2D eigenvalue weighted by molar-refractivity contribution is -0.123. The second-order valence-electron chi connectivity index (χ2n) is 4.84. The van der Waals surface area contributed by atoms with Crippen molar-refractivity contribution in [3.8, 4) is 5.75 Å². The van der Waals surface area contributed by atoms with E-state index >= 15 is 0 Å². The van der Waals surface area contributed by atoms with Crippen LogP contribution in [0.15, 0.2) is 24.3 Å². The summed E-state index contributed by atoms with van der Waals surface area (Å²) in [5.41, 5.74) is 0.394. The molecule has 0 fully saturated rings. The number of nitrogens with one attached hydrogen (secondary N) is 1. The Morgan fingerprint density at radius 1 is 1.30 bits per heavy atom. The number of carbonyl (C=O) groups is 2. The van der Waals surface area contributed by atoms with Crippen molar-refractivity contribution in [2.75, 3.05) is 20.3 Å². The first-order valence-electron chi connectivity index (χ1n) is 6.60. The fourth-order valence-electron chi connectivity index (χ4n) is 1.53. The van der Waals surface area contributed by atoms with Gasteiger partial charge in [-0.1, -0.05) is 19.9 Å². The zero-order chi connectivity index (χ0) is 15.0. The molecule has 0 aliphatic carbocycles.